The van der Waals surface area contributed by atoms with E-state index in [1.54, 1.807) is 26.0 Å². The van der Waals surface area contributed by atoms with E-state index in [0.717, 1.165) is 5.57 Å². The minimum absolute atomic E-state index is 0.176. The summed E-state index contributed by atoms with van der Waals surface area (Å²) in [5, 5.41) is 12.4. The normalized spacial score (nSPS) is 36.2. The van der Waals surface area contributed by atoms with Crippen molar-refractivity contribution >= 4 is 29.8 Å². The van der Waals surface area contributed by atoms with Gasteiger partial charge in [-0.15, -0.1) is 0 Å². The quantitative estimate of drug-likeness (QED) is 0.305. The first kappa shape index (κ1) is 30.3. The second kappa shape index (κ2) is 11.5. The van der Waals surface area contributed by atoms with E-state index in [2.05, 4.69) is 0 Å². The molecule has 0 aromatic carbocycles. The average molecular weight is 551 g/mol. The van der Waals surface area contributed by atoms with Gasteiger partial charge < -0.3 is 28.8 Å². The van der Waals surface area contributed by atoms with Crippen LogP contribution in [0.1, 0.15) is 67.7 Å². The third-order valence-electron chi connectivity index (χ3n) is 8.14. The van der Waals surface area contributed by atoms with Gasteiger partial charge in [-0.3, -0.25) is 24.0 Å². The second-order valence-corrected chi connectivity index (χ2v) is 10.9. The van der Waals surface area contributed by atoms with E-state index in [1.807, 2.05) is 0 Å². The van der Waals surface area contributed by atoms with Crippen molar-refractivity contribution in [2.24, 2.45) is 17.3 Å². The van der Waals surface area contributed by atoms with Crippen LogP contribution in [0, 0.1) is 17.3 Å². The molecule has 2 aliphatic carbocycles. The van der Waals surface area contributed by atoms with Gasteiger partial charge >= 0.3 is 29.8 Å². The van der Waals surface area contributed by atoms with E-state index in [1.165, 1.54) is 34.6 Å². The smallest absolute Gasteiger partial charge is 0.312 e. The van der Waals surface area contributed by atoms with Crippen LogP contribution in [0.4, 0.5) is 0 Å². The molecule has 1 fully saturated rings. The zero-order valence-electron chi connectivity index (χ0n) is 23.5. The van der Waals surface area contributed by atoms with Gasteiger partial charge in [-0.2, -0.15) is 0 Å². The Morgan fingerprint density at radius 3 is 2.15 bits per heavy atom. The molecule has 0 aromatic heterocycles. The van der Waals surface area contributed by atoms with Gasteiger partial charge in [-0.05, 0) is 38.3 Å². The lowest BCUT2D eigenvalue weighted by Crippen LogP contribution is -2.65. The van der Waals surface area contributed by atoms with Crippen molar-refractivity contribution in [3.05, 3.63) is 23.3 Å². The molecule has 11 nitrogen and oxygen atoms in total. The number of hydrogen-bond acceptors (Lipinski definition) is 11. The first-order valence-corrected chi connectivity index (χ1v) is 13.1. The van der Waals surface area contributed by atoms with Crippen molar-refractivity contribution in [2.75, 3.05) is 6.61 Å². The lowest BCUT2D eigenvalue weighted by atomic mass is 9.56. The van der Waals surface area contributed by atoms with Crippen LogP contribution in [0.2, 0.25) is 0 Å². The largest absolute Gasteiger partial charge is 0.462 e. The fraction of sp³-hybridized carbons (Fsp3) is 0.679. The van der Waals surface area contributed by atoms with E-state index in [4.69, 9.17) is 23.7 Å². The maximum Gasteiger partial charge on any atom is 0.312 e. The van der Waals surface area contributed by atoms with Crippen molar-refractivity contribution in [1.29, 1.82) is 0 Å². The summed E-state index contributed by atoms with van der Waals surface area (Å²) in [7, 11) is 0. The first-order chi connectivity index (χ1) is 18.1. The predicted molar refractivity (Wildman–Crippen MR) is 135 cm³/mol. The summed E-state index contributed by atoms with van der Waals surface area (Å²) in [4.78, 5) is 61.9. The molecule has 39 heavy (non-hydrogen) atoms. The minimum Gasteiger partial charge on any atom is -0.462 e. The van der Waals surface area contributed by atoms with E-state index < -0.39 is 77.1 Å². The Morgan fingerprint density at radius 1 is 1.00 bits per heavy atom. The summed E-state index contributed by atoms with van der Waals surface area (Å²) < 4.78 is 28.4. The maximum absolute atomic E-state index is 12.9. The molecule has 8 atom stereocenters. The van der Waals surface area contributed by atoms with Crippen molar-refractivity contribution in [3.8, 4) is 0 Å². The van der Waals surface area contributed by atoms with Crippen LogP contribution >= 0.6 is 0 Å². The third kappa shape index (κ3) is 5.88. The molecular weight excluding hydrogens is 512 g/mol. The Kier molecular flexibility index (Phi) is 8.94. The van der Waals surface area contributed by atoms with Crippen LogP contribution in [0.15, 0.2) is 23.3 Å². The van der Waals surface area contributed by atoms with Gasteiger partial charge in [0.1, 0.15) is 24.9 Å². The number of allylic oxidation sites excluding steroid dienone is 1. The molecule has 11 heteroatoms. The molecule has 0 bridgehead atoms. The molecule has 0 saturated carbocycles. The highest BCUT2D eigenvalue weighted by molar-refractivity contribution is 5.78. The predicted octanol–water partition coefficient (Wildman–Crippen LogP) is 2.33. The van der Waals surface area contributed by atoms with Gasteiger partial charge in [0, 0.05) is 40.0 Å². The molecule has 0 aromatic rings. The van der Waals surface area contributed by atoms with Crippen molar-refractivity contribution in [3.63, 3.8) is 0 Å². The number of ether oxygens (including phenoxy) is 5. The molecule has 3 rings (SSSR count). The summed E-state index contributed by atoms with van der Waals surface area (Å²) in [6, 6.07) is 0. The molecule has 0 radical (unpaired) electrons. The number of esters is 5. The molecule has 1 N–H and O–H groups in total. The first-order valence-electron chi connectivity index (χ1n) is 13.1. The molecule has 0 spiro atoms. The number of hydrogen-bond donors (Lipinski definition) is 1. The maximum atomic E-state index is 12.9. The van der Waals surface area contributed by atoms with Gasteiger partial charge in [-0.25, -0.2) is 0 Å². The van der Waals surface area contributed by atoms with Gasteiger partial charge in [-0.1, -0.05) is 18.6 Å². The van der Waals surface area contributed by atoms with Crippen molar-refractivity contribution in [1.82, 2.24) is 0 Å². The highest BCUT2D eigenvalue weighted by Crippen LogP contribution is 2.55. The number of carbonyl (C=O) groups excluding carboxylic acids is 5. The van der Waals surface area contributed by atoms with Gasteiger partial charge in [0.15, 0.2) is 11.7 Å². The van der Waals surface area contributed by atoms with Crippen LogP contribution < -0.4 is 0 Å². The SMILES string of the molecule is CC(=O)OCC1=CCC(OC(C)=O)C2(C)C(OC(C)=O)CCC(C)=CC3OC(=O)C(C)C3(O)C(OC(C)=O)C12. The van der Waals surface area contributed by atoms with E-state index in [0.29, 0.717) is 12.0 Å². The highest BCUT2D eigenvalue weighted by atomic mass is 16.6. The zero-order valence-corrected chi connectivity index (χ0v) is 23.5. The van der Waals surface area contributed by atoms with Gasteiger partial charge in [0.05, 0.1) is 11.3 Å². The Balaban J connectivity index is 2.39. The molecule has 8 unspecified atom stereocenters. The Labute approximate surface area is 227 Å². The Hall–Kier alpha value is -3.21. The van der Waals surface area contributed by atoms with Gasteiger partial charge in [0.25, 0.3) is 0 Å². The summed E-state index contributed by atoms with van der Waals surface area (Å²) in [5.74, 6) is -5.31. The monoisotopic (exact) mass is 550 g/mol. The van der Waals surface area contributed by atoms with Crippen molar-refractivity contribution in [2.45, 2.75) is 97.7 Å². The molecule has 3 aliphatic rings. The van der Waals surface area contributed by atoms with E-state index in [-0.39, 0.29) is 19.4 Å². The standard InChI is InChI=1S/C28H38O11/c1-14-8-10-21(36-17(4)30)27(7)22(37-18(5)31)11-9-20(13-35-16(3)29)24(27)25(38-19(6)32)28(34)15(2)26(33)39-23(28)12-14/h9,12,15,21-25,34H,8,10-11,13H2,1-7H3. The molecule has 1 aliphatic heterocycles. The van der Waals surface area contributed by atoms with Crippen LogP contribution in [0.25, 0.3) is 0 Å². The highest BCUT2D eigenvalue weighted by Gasteiger charge is 2.67. The number of carbonyl (C=O) groups is 5. The van der Waals surface area contributed by atoms with Crippen LogP contribution in [-0.4, -0.2) is 71.6 Å². The summed E-state index contributed by atoms with van der Waals surface area (Å²) >= 11 is 0. The van der Waals surface area contributed by atoms with Gasteiger partial charge in [0.2, 0.25) is 0 Å². The van der Waals surface area contributed by atoms with Crippen LogP contribution in [-0.2, 0) is 47.7 Å². The summed E-state index contributed by atoms with van der Waals surface area (Å²) in [5.41, 5.74) is -2.16. The second-order valence-electron chi connectivity index (χ2n) is 10.9. The Bertz CT molecular complexity index is 1090. The van der Waals surface area contributed by atoms with Crippen LogP contribution in [0.3, 0.4) is 0 Å². The third-order valence-corrected chi connectivity index (χ3v) is 8.14. The van der Waals surface area contributed by atoms with E-state index >= 15 is 0 Å². The minimum atomic E-state index is -2.07. The zero-order chi connectivity index (χ0) is 29.3. The van der Waals surface area contributed by atoms with E-state index in [9.17, 15) is 29.1 Å². The molecular formula is C28H38O11. The average Bonchev–Trinajstić information content (AvgIpc) is 3.03. The summed E-state index contributed by atoms with van der Waals surface area (Å²) in [6.07, 6.45) is -0.208. The number of aliphatic hydroxyl groups is 1. The fourth-order valence-corrected chi connectivity index (χ4v) is 6.21. The lowest BCUT2D eigenvalue weighted by molar-refractivity contribution is -0.217. The number of fused-ring (bicyclic) bond motifs is 2. The lowest BCUT2D eigenvalue weighted by Gasteiger charge is -2.54. The molecule has 0 amide bonds. The summed E-state index contributed by atoms with van der Waals surface area (Å²) in [6.45, 7) is 9.70. The van der Waals surface area contributed by atoms with Crippen molar-refractivity contribution < 1.29 is 52.8 Å². The molecule has 216 valence electrons. The fourth-order valence-electron chi connectivity index (χ4n) is 6.21. The molecule has 1 heterocycles. The number of rotatable bonds is 5. The molecule has 1 saturated heterocycles. The topological polar surface area (TPSA) is 152 Å². The van der Waals surface area contributed by atoms with Crippen LogP contribution in [0.5, 0.6) is 0 Å². The Morgan fingerprint density at radius 2 is 1.59 bits per heavy atom.